The van der Waals surface area contributed by atoms with Crippen LogP contribution in [0.1, 0.15) is 6.92 Å². The number of nitro groups is 1. The number of hydrogen-bond donors (Lipinski definition) is 0. The van der Waals surface area contributed by atoms with Crippen LogP contribution in [0.15, 0.2) is 83.8 Å². The molecule has 0 aliphatic rings. The number of non-ortho nitro benzene ring substituents is 1. The standard InChI is InChI=1S/C20H18N2O4S/c1-2-21(27(25,26)18-14-12-17(13-15-18)22(23)24)20-11-7-6-10-19(20)16-8-4-3-5-9-16/h3-15H,2H2,1H3. The third kappa shape index (κ3) is 3.68. The fourth-order valence-corrected chi connectivity index (χ4v) is 4.38. The molecule has 3 rings (SSSR count). The van der Waals surface area contributed by atoms with Crippen molar-refractivity contribution in [3.8, 4) is 11.1 Å². The van der Waals surface area contributed by atoms with Crippen LogP contribution in [0.2, 0.25) is 0 Å². The Morgan fingerprint density at radius 1 is 0.889 bits per heavy atom. The van der Waals surface area contributed by atoms with E-state index in [1.165, 1.54) is 28.6 Å². The van der Waals surface area contributed by atoms with Gasteiger partial charge in [0.15, 0.2) is 0 Å². The predicted molar refractivity (Wildman–Crippen MR) is 105 cm³/mol. The third-order valence-electron chi connectivity index (χ3n) is 4.18. The lowest BCUT2D eigenvalue weighted by Gasteiger charge is -2.25. The molecule has 0 N–H and O–H groups in total. The molecule has 0 atom stereocenters. The average Bonchev–Trinajstić information content (AvgIpc) is 2.69. The van der Waals surface area contributed by atoms with Crippen LogP contribution in [0.5, 0.6) is 0 Å². The van der Waals surface area contributed by atoms with Crippen LogP contribution < -0.4 is 4.31 Å². The molecule has 0 aromatic heterocycles. The molecular formula is C20H18N2O4S. The summed E-state index contributed by atoms with van der Waals surface area (Å²) in [6.45, 7) is 1.98. The summed E-state index contributed by atoms with van der Waals surface area (Å²) >= 11 is 0. The van der Waals surface area contributed by atoms with Crippen LogP contribution >= 0.6 is 0 Å². The topological polar surface area (TPSA) is 80.5 Å². The molecule has 0 fully saturated rings. The highest BCUT2D eigenvalue weighted by Crippen LogP contribution is 2.34. The summed E-state index contributed by atoms with van der Waals surface area (Å²) in [7, 11) is -3.87. The van der Waals surface area contributed by atoms with Gasteiger partial charge in [-0.25, -0.2) is 8.42 Å². The number of sulfonamides is 1. The predicted octanol–water partition coefficient (Wildman–Crippen LogP) is 4.48. The molecule has 0 bridgehead atoms. The first-order valence-corrected chi connectivity index (χ1v) is 9.81. The van der Waals surface area contributed by atoms with Gasteiger partial charge >= 0.3 is 0 Å². The molecule has 0 aliphatic heterocycles. The minimum atomic E-state index is -3.87. The van der Waals surface area contributed by atoms with Crippen molar-refractivity contribution in [1.82, 2.24) is 0 Å². The Labute approximate surface area is 157 Å². The van der Waals surface area contributed by atoms with E-state index in [0.717, 1.165) is 11.1 Å². The SMILES string of the molecule is CCN(c1ccccc1-c1ccccc1)S(=O)(=O)c1ccc([N+](=O)[O-])cc1. The Morgan fingerprint density at radius 3 is 2.07 bits per heavy atom. The van der Waals surface area contributed by atoms with Gasteiger partial charge in [-0.2, -0.15) is 0 Å². The normalized spacial score (nSPS) is 11.1. The number of para-hydroxylation sites is 1. The smallest absolute Gasteiger partial charge is 0.266 e. The van der Waals surface area contributed by atoms with E-state index in [1.807, 2.05) is 42.5 Å². The quantitative estimate of drug-likeness (QED) is 0.465. The maximum atomic E-state index is 13.2. The highest BCUT2D eigenvalue weighted by molar-refractivity contribution is 7.92. The van der Waals surface area contributed by atoms with Crippen molar-refractivity contribution in [2.24, 2.45) is 0 Å². The molecule has 0 radical (unpaired) electrons. The molecule has 0 saturated heterocycles. The van der Waals surface area contributed by atoms with E-state index in [9.17, 15) is 18.5 Å². The summed E-state index contributed by atoms with van der Waals surface area (Å²) in [6.07, 6.45) is 0. The van der Waals surface area contributed by atoms with Crippen molar-refractivity contribution in [2.75, 3.05) is 10.8 Å². The Bertz CT molecular complexity index is 1050. The summed E-state index contributed by atoms with van der Waals surface area (Å²) in [5.41, 5.74) is 2.11. The van der Waals surface area contributed by atoms with Crippen molar-refractivity contribution in [3.63, 3.8) is 0 Å². The first kappa shape index (κ1) is 18.6. The van der Waals surface area contributed by atoms with E-state index >= 15 is 0 Å². The van der Waals surface area contributed by atoms with E-state index in [2.05, 4.69) is 0 Å². The summed E-state index contributed by atoms with van der Waals surface area (Å²) in [6, 6.07) is 21.7. The van der Waals surface area contributed by atoms with E-state index in [1.54, 1.807) is 19.1 Å². The summed E-state index contributed by atoms with van der Waals surface area (Å²) in [5.74, 6) is 0. The van der Waals surface area contributed by atoms with Gasteiger partial charge < -0.3 is 0 Å². The second-order valence-electron chi connectivity index (χ2n) is 5.80. The lowest BCUT2D eigenvalue weighted by molar-refractivity contribution is -0.384. The van der Waals surface area contributed by atoms with E-state index in [-0.39, 0.29) is 17.1 Å². The van der Waals surface area contributed by atoms with E-state index in [0.29, 0.717) is 5.69 Å². The van der Waals surface area contributed by atoms with Gasteiger partial charge in [-0.05, 0) is 30.7 Å². The lowest BCUT2D eigenvalue weighted by atomic mass is 10.0. The zero-order valence-electron chi connectivity index (χ0n) is 14.6. The van der Waals surface area contributed by atoms with Crippen molar-refractivity contribution >= 4 is 21.4 Å². The number of anilines is 1. The number of hydrogen-bond acceptors (Lipinski definition) is 4. The molecule has 0 heterocycles. The highest BCUT2D eigenvalue weighted by atomic mass is 32.2. The lowest BCUT2D eigenvalue weighted by Crippen LogP contribution is -2.31. The summed E-state index contributed by atoms with van der Waals surface area (Å²) in [5, 5.41) is 10.8. The average molecular weight is 382 g/mol. The number of nitro benzene ring substituents is 1. The van der Waals surface area contributed by atoms with Gasteiger partial charge in [0.2, 0.25) is 0 Å². The van der Waals surface area contributed by atoms with Crippen LogP contribution in [-0.2, 0) is 10.0 Å². The third-order valence-corrected chi connectivity index (χ3v) is 6.08. The second kappa shape index (κ2) is 7.59. The van der Waals surface area contributed by atoms with Gasteiger partial charge in [0.25, 0.3) is 15.7 Å². The van der Waals surface area contributed by atoms with Crippen LogP contribution in [0.25, 0.3) is 11.1 Å². The van der Waals surface area contributed by atoms with Crippen molar-refractivity contribution in [3.05, 3.63) is 89.0 Å². The zero-order valence-corrected chi connectivity index (χ0v) is 15.5. The second-order valence-corrected chi connectivity index (χ2v) is 7.67. The molecular weight excluding hydrogens is 364 g/mol. The fraction of sp³-hybridized carbons (Fsp3) is 0.100. The molecule has 3 aromatic rings. The van der Waals surface area contributed by atoms with Crippen LogP contribution in [-0.4, -0.2) is 19.9 Å². The zero-order chi connectivity index (χ0) is 19.4. The monoisotopic (exact) mass is 382 g/mol. The molecule has 0 saturated carbocycles. The minimum Gasteiger partial charge on any atom is -0.266 e. The van der Waals surface area contributed by atoms with Crippen molar-refractivity contribution < 1.29 is 13.3 Å². The van der Waals surface area contributed by atoms with Gasteiger partial charge in [0.05, 0.1) is 15.5 Å². The minimum absolute atomic E-state index is 0.0119. The first-order chi connectivity index (χ1) is 12.9. The Morgan fingerprint density at radius 2 is 1.48 bits per heavy atom. The number of nitrogens with zero attached hydrogens (tertiary/aromatic N) is 2. The Balaban J connectivity index is 2.09. The van der Waals surface area contributed by atoms with Gasteiger partial charge in [0, 0.05) is 24.2 Å². The van der Waals surface area contributed by atoms with Gasteiger partial charge in [-0.3, -0.25) is 14.4 Å². The molecule has 0 unspecified atom stereocenters. The van der Waals surface area contributed by atoms with Crippen molar-refractivity contribution in [1.29, 1.82) is 0 Å². The first-order valence-electron chi connectivity index (χ1n) is 8.37. The van der Waals surface area contributed by atoms with E-state index < -0.39 is 14.9 Å². The highest BCUT2D eigenvalue weighted by Gasteiger charge is 2.26. The molecule has 0 amide bonds. The molecule has 3 aromatic carbocycles. The summed E-state index contributed by atoms with van der Waals surface area (Å²) in [4.78, 5) is 10.3. The largest absolute Gasteiger partial charge is 0.269 e. The molecule has 6 nitrogen and oxygen atoms in total. The Hall–Kier alpha value is -3.19. The molecule has 0 spiro atoms. The fourth-order valence-electron chi connectivity index (χ4n) is 2.89. The molecule has 7 heteroatoms. The van der Waals surface area contributed by atoms with Gasteiger partial charge in [0.1, 0.15) is 0 Å². The van der Waals surface area contributed by atoms with Crippen LogP contribution in [0, 0.1) is 10.1 Å². The van der Waals surface area contributed by atoms with Gasteiger partial charge in [-0.1, -0.05) is 48.5 Å². The van der Waals surface area contributed by atoms with Crippen molar-refractivity contribution in [2.45, 2.75) is 11.8 Å². The molecule has 0 aliphatic carbocycles. The summed E-state index contributed by atoms with van der Waals surface area (Å²) < 4.78 is 27.7. The van der Waals surface area contributed by atoms with Gasteiger partial charge in [-0.15, -0.1) is 0 Å². The maximum Gasteiger partial charge on any atom is 0.269 e. The molecule has 27 heavy (non-hydrogen) atoms. The maximum absolute atomic E-state index is 13.2. The number of benzene rings is 3. The Kier molecular flexibility index (Phi) is 5.23. The number of rotatable bonds is 6. The van der Waals surface area contributed by atoms with Crippen LogP contribution in [0.4, 0.5) is 11.4 Å². The van der Waals surface area contributed by atoms with E-state index in [4.69, 9.17) is 0 Å². The molecule has 138 valence electrons. The van der Waals surface area contributed by atoms with Crippen LogP contribution in [0.3, 0.4) is 0 Å².